The fraction of sp³-hybridized carbons (Fsp3) is 0.655. The first-order valence-electron chi connectivity index (χ1n) is 14.0. The van der Waals surface area contributed by atoms with Gasteiger partial charge in [-0.15, -0.1) is 0 Å². The van der Waals surface area contributed by atoms with Gasteiger partial charge in [-0.2, -0.15) is 15.0 Å². The number of benzene rings is 1. The van der Waals surface area contributed by atoms with Crippen molar-refractivity contribution >= 4 is 23.6 Å². The van der Waals surface area contributed by atoms with Crippen molar-refractivity contribution < 1.29 is 4.79 Å². The van der Waals surface area contributed by atoms with Gasteiger partial charge < -0.3 is 16.0 Å². The highest BCUT2D eigenvalue weighted by Crippen LogP contribution is 2.45. The number of rotatable bonds is 9. The molecule has 2 bridgehead atoms. The van der Waals surface area contributed by atoms with E-state index in [2.05, 4.69) is 16.0 Å². The number of aromatic nitrogens is 3. The van der Waals surface area contributed by atoms with Gasteiger partial charge in [0, 0.05) is 30.1 Å². The topological polar surface area (TPSA) is 91.8 Å². The average Bonchev–Trinajstić information content (AvgIpc) is 3.50. The van der Waals surface area contributed by atoms with E-state index in [0.29, 0.717) is 36.3 Å². The number of ketones is 1. The molecule has 1 heterocycles. The summed E-state index contributed by atoms with van der Waals surface area (Å²) >= 11 is 0. The van der Waals surface area contributed by atoms with E-state index >= 15 is 0 Å². The Kier molecular flexibility index (Phi) is 7.44. The number of Topliss-reactive ketones (excluding diaryl/α,β-unsaturated/α-hetero) is 1. The van der Waals surface area contributed by atoms with Gasteiger partial charge in [0.25, 0.3) is 0 Å². The number of nitrogens with one attached hydrogen (secondary N) is 3. The summed E-state index contributed by atoms with van der Waals surface area (Å²) in [6.07, 6.45) is 11.8. The number of anilines is 3. The molecule has 5 rings (SSSR count). The van der Waals surface area contributed by atoms with E-state index in [-0.39, 0.29) is 11.2 Å². The Morgan fingerprint density at radius 1 is 0.861 bits per heavy atom. The second kappa shape index (κ2) is 10.7. The van der Waals surface area contributed by atoms with Crippen LogP contribution in [-0.4, -0.2) is 33.3 Å². The molecule has 3 fully saturated rings. The molecule has 3 aliphatic carbocycles. The Bertz CT molecular complexity index is 1040. The summed E-state index contributed by atoms with van der Waals surface area (Å²) in [7, 11) is 0. The molecule has 2 aromatic rings. The minimum Gasteiger partial charge on any atom is -0.354 e. The standard InChI is InChI=1S/C29H42N6O/c1-29(2,3)25(36)22-12-9-20(10-13-22)18-31-27-33-26(30-17-19-7-5-4-6-8-19)34-28(35-27)32-24-16-21-11-14-23(24)15-21/h9-10,12-13,19,21,23-24H,4-8,11,14-18H2,1-3H3,(H3,30,31,32,33,34,35). The van der Waals surface area contributed by atoms with E-state index < -0.39 is 0 Å². The van der Waals surface area contributed by atoms with Crippen molar-refractivity contribution in [1.29, 1.82) is 0 Å². The molecule has 1 aromatic heterocycles. The summed E-state index contributed by atoms with van der Waals surface area (Å²) in [5.74, 6) is 4.36. The minimum atomic E-state index is -0.381. The normalized spacial score (nSPS) is 24.0. The summed E-state index contributed by atoms with van der Waals surface area (Å²) in [6, 6.07) is 8.31. The van der Waals surface area contributed by atoms with Gasteiger partial charge in [-0.05, 0) is 55.4 Å². The third kappa shape index (κ3) is 6.16. The first-order chi connectivity index (χ1) is 17.3. The SMILES string of the molecule is CC(C)(C)C(=O)c1ccc(CNc2nc(NCC3CCCCC3)nc(NC3CC4CCC3C4)n2)cc1. The summed E-state index contributed by atoms with van der Waals surface area (Å²) < 4.78 is 0. The van der Waals surface area contributed by atoms with Crippen LogP contribution in [0.2, 0.25) is 0 Å². The summed E-state index contributed by atoms with van der Waals surface area (Å²) in [4.78, 5) is 26.7. The van der Waals surface area contributed by atoms with Gasteiger partial charge in [0.15, 0.2) is 5.78 Å². The van der Waals surface area contributed by atoms with Crippen LogP contribution in [-0.2, 0) is 6.54 Å². The average molecular weight is 491 g/mol. The molecule has 0 spiro atoms. The Hall–Kier alpha value is -2.70. The lowest BCUT2D eigenvalue weighted by molar-refractivity contribution is 0.0858. The third-order valence-electron chi connectivity index (χ3n) is 8.31. The molecule has 0 saturated heterocycles. The van der Waals surface area contributed by atoms with E-state index in [0.717, 1.165) is 29.5 Å². The highest BCUT2D eigenvalue weighted by molar-refractivity contribution is 5.99. The lowest BCUT2D eigenvalue weighted by atomic mass is 9.86. The first-order valence-corrected chi connectivity index (χ1v) is 14.0. The minimum absolute atomic E-state index is 0.157. The smallest absolute Gasteiger partial charge is 0.229 e. The van der Waals surface area contributed by atoms with Gasteiger partial charge >= 0.3 is 0 Å². The monoisotopic (exact) mass is 490 g/mol. The van der Waals surface area contributed by atoms with Crippen molar-refractivity contribution in [1.82, 2.24) is 15.0 Å². The lowest BCUT2D eigenvalue weighted by Crippen LogP contribution is -2.27. The fourth-order valence-corrected chi connectivity index (χ4v) is 6.20. The first kappa shape index (κ1) is 25.0. The predicted molar refractivity (Wildman–Crippen MR) is 145 cm³/mol. The fourth-order valence-electron chi connectivity index (χ4n) is 6.20. The van der Waals surface area contributed by atoms with Crippen LogP contribution in [0.25, 0.3) is 0 Å². The second-order valence-corrected chi connectivity index (χ2v) is 12.2. The van der Waals surface area contributed by atoms with Crippen LogP contribution in [0.1, 0.15) is 94.5 Å². The van der Waals surface area contributed by atoms with Crippen molar-refractivity contribution in [2.45, 2.75) is 91.1 Å². The van der Waals surface area contributed by atoms with Crippen molar-refractivity contribution in [2.24, 2.45) is 23.2 Å². The maximum Gasteiger partial charge on any atom is 0.229 e. The Morgan fingerprint density at radius 3 is 2.19 bits per heavy atom. The van der Waals surface area contributed by atoms with Gasteiger partial charge in [0.05, 0.1) is 0 Å². The second-order valence-electron chi connectivity index (χ2n) is 12.2. The molecule has 194 valence electrons. The van der Waals surface area contributed by atoms with Gasteiger partial charge in [0.1, 0.15) is 0 Å². The van der Waals surface area contributed by atoms with Crippen LogP contribution in [0.3, 0.4) is 0 Å². The Labute approximate surface area is 215 Å². The molecular weight excluding hydrogens is 448 g/mol. The number of fused-ring (bicyclic) bond motifs is 2. The molecule has 36 heavy (non-hydrogen) atoms. The summed E-state index contributed by atoms with van der Waals surface area (Å²) in [5.41, 5.74) is 1.45. The van der Waals surface area contributed by atoms with Gasteiger partial charge in [-0.25, -0.2) is 0 Å². The van der Waals surface area contributed by atoms with E-state index in [9.17, 15) is 4.79 Å². The molecule has 7 heteroatoms. The van der Waals surface area contributed by atoms with E-state index in [1.807, 2.05) is 45.0 Å². The largest absolute Gasteiger partial charge is 0.354 e. The molecule has 3 atom stereocenters. The highest BCUT2D eigenvalue weighted by atomic mass is 16.1. The number of carbonyl (C=O) groups is 1. The molecule has 0 radical (unpaired) electrons. The van der Waals surface area contributed by atoms with Gasteiger partial charge in [-0.3, -0.25) is 4.79 Å². The number of carbonyl (C=O) groups excluding carboxylic acids is 1. The van der Waals surface area contributed by atoms with Crippen molar-refractivity contribution in [2.75, 3.05) is 22.5 Å². The maximum absolute atomic E-state index is 12.5. The van der Waals surface area contributed by atoms with Crippen molar-refractivity contribution in [3.63, 3.8) is 0 Å². The third-order valence-corrected chi connectivity index (χ3v) is 8.31. The molecule has 1 aromatic carbocycles. The van der Waals surface area contributed by atoms with Crippen LogP contribution >= 0.6 is 0 Å². The Balaban J connectivity index is 1.26. The predicted octanol–water partition coefficient (Wildman–Crippen LogP) is 6.31. The van der Waals surface area contributed by atoms with Gasteiger partial charge in [-0.1, -0.05) is 70.7 Å². The van der Waals surface area contributed by atoms with Crippen LogP contribution < -0.4 is 16.0 Å². The molecule has 7 nitrogen and oxygen atoms in total. The zero-order valence-electron chi connectivity index (χ0n) is 22.1. The lowest BCUT2D eigenvalue weighted by Gasteiger charge is -2.24. The zero-order valence-corrected chi connectivity index (χ0v) is 22.1. The number of hydrogen-bond donors (Lipinski definition) is 3. The highest BCUT2D eigenvalue weighted by Gasteiger charge is 2.39. The number of hydrogen-bond acceptors (Lipinski definition) is 7. The molecule has 0 amide bonds. The van der Waals surface area contributed by atoms with Crippen LogP contribution in [0.4, 0.5) is 17.8 Å². The molecule has 3 N–H and O–H groups in total. The molecule has 3 unspecified atom stereocenters. The van der Waals surface area contributed by atoms with E-state index in [4.69, 9.17) is 15.0 Å². The van der Waals surface area contributed by atoms with Crippen LogP contribution in [0.5, 0.6) is 0 Å². The zero-order chi connectivity index (χ0) is 25.1. The van der Waals surface area contributed by atoms with Crippen molar-refractivity contribution in [3.05, 3.63) is 35.4 Å². The van der Waals surface area contributed by atoms with Crippen molar-refractivity contribution in [3.8, 4) is 0 Å². The van der Waals surface area contributed by atoms with Crippen LogP contribution in [0.15, 0.2) is 24.3 Å². The van der Waals surface area contributed by atoms with E-state index in [1.165, 1.54) is 57.8 Å². The van der Waals surface area contributed by atoms with E-state index in [1.54, 1.807) is 0 Å². The summed E-state index contributed by atoms with van der Waals surface area (Å²) in [6.45, 7) is 7.36. The molecule has 0 aliphatic heterocycles. The molecule has 3 saturated carbocycles. The summed E-state index contributed by atoms with van der Waals surface area (Å²) in [5, 5.41) is 10.5. The van der Waals surface area contributed by atoms with Gasteiger partial charge in [0.2, 0.25) is 17.8 Å². The quantitative estimate of drug-likeness (QED) is 0.355. The molecule has 3 aliphatic rings. The number of nitrogens with zero attached hydrogens (tertiary/aromatic N) is 3. The van der Waals surface area contributed by atoms with Crippen LogP contribution in [0, 0.1) is 23.2 Å². The molecular formula is C29H42N6O. The Morgan fingerprint density at radius 2 is 1.56 bits per heavy atom. The maximum atomic E-state index is 12.5.